The Hall–Kier alpha value is -1.94. The molecule has 0 aliphatic carbocycles. The third kappa shape index (κ3) is 2.42. The first-order chi connectivity index (χ1) is 8.08. The van der Waals surface area contributed by atoms with E-state index >= 15 is 0 Å². The first kappa shape index (κ1) is 11.5. The minimum atomic E-state index is -0.440. The van der Waals surface area contributed by atoms with Gasteiger partial charge >= 0.3 is 0 Å². The van der Waals surface area contributed by atoms with Gasteiger partial charge in [0.15, 0.2) is 0 Å². The van der Waals surface area contributed by atoms with Gasteiger partial charge < -0.3 is 0 Å². The highest BCUT2D eigenvalue weighted by Gasteiger charge is 2.12. The molecular weight excluding hydrogens is 240 g/mol. The standard InChI is InChI=1S/C12H9ClN2O2/c1-8-5-11(14-7-12(8)15(16)17)9-3-2-4-10(13)6-9/h2-7H,1H3. The monoisotopic (exact) mass is 248 g/mol. The van der Waals surface area contributed by atoms with Gasteiger partial charge in [-0.3, -0.25) is 10.1 Å². The molecule has 0 radical (unpaired) electrons. The van der Waals surface area contributed by atoms with Crippen molar-refractivity contribution in [3.63, 3.8) is 0 Å². The number of hydrogen-bond donors (Lipinski definition) is 0. The van der Waals surface area contributed by atoms with Crippen LogP contribution < -0.4 is 0 Å². The highest BCUT2D eigenvalue weighted by Crippen LogP contribution is 2.25. The molecule has 0 saturated carbocycles. The Kier molecular flexibility index (Phi) is 3.06. The fraction of sp³-hybridized carbons (Fsp3) is 0.0833. The molecule has 0 amide bonds. The molecule has 0 unspecified atom stereocenters. The fourth-order valence-electron chi connectivity index (χ4n) is 1.55. The van der Waals surface area contributed by atoms with E-state index in [1.54, 1.807) is 25.1 Å². The second-order valence-corrected chi connectivity index (χ2v) is 4.06. The molecular formula is C12H9ClN2O2. The van der Waals surface area contributed by atoms with Crippen LogP contribution in [0.5, 0.6) is 0 Å². The lowest BCUT2D eigenvalue weighted by Crippen LogP contribution is -1.94. The summed E-state index contributed by atoms with van der Waals surface area (Å²) in [5.74, 6) is 0. The Bertz CT molecular complexity index is 584. The molecule has 0 aliphatic heterocycles. The average molecular weight is 249 g/mol. The third-order valence-corrected chi connectivity index (χ3v) is 2.64. The van der Waals surface area contributed by atoms with Gasteiger partial charge in [0.2, 0.25) is 0 Å². The number of halogens is 1. The van der Waals surface area contributed by atoms with Crippen molar-refractivity contribution in [3.8, 4) is 11.3 Å². The quantitative estimate of drug-likeness (QED) is 0.602. The molecule has 2 rings (SSSR count). The number of nitrogens with zero attached hydrogens (tertiary/aromatic N) is 2. The molecule has 1 aromatic carbocycles. The van der Waals surface area contributed by atoms with Crippen LogP contribution in [-0.2, 0) is 0 Å². The molecule has 0 bridgehead atoms. The highest BCUT2D eigenvalue weighted by atomic mass is 35.5. The Labute approximate surface area is 103 Å². The minimum absolute atomic E-state index is 0.0239. The van der Waals surface area contributed by atoms with Gasteiger partial charge in [-0.15, -0.1) is 0 Å². The number of benzene rings is 1. The van der Waals surface area contributed by atoms with Crippen LogP contribution in [0.3, 0.4) is 0 Å². The van der Waals surface area contributed by atoms with E-state index in [1.165, 1.54) is 6.20 Å². The second kappa shape index (κ2) is 4.51. The van der Waals surface area contributed by atoms with E-state index < -0.39 is 4.92 Å². The van der Waals surface area contributed by atoms with E-state index in [-0.39, 0.29) is 5.69 Å². The zero-order valence-electron chi connectivity index (χ0n) is 9.05. The number of hydrogen-bond acceptors (Lipinski definition) is 3. The van der Waals surface area contributed by atoms with Gasteiger partial charge in [-0.2, -0.15) is 0 Å². The summed E-state index contributed by atoms with van der Waals surface area (Å²) < 4.78 is 0. The Balaban J connectivity index is 2.48. The van der Waals surface area contributed by atoms with Crippen molar-refractivity contribution < 1.29 is 4.92 Å². The maximum atomic E-state index is 10.7. The van der Waals surface area contributed by atoms with Gasteiger partial charge in [-0.1, -0.05) is 23.7 Å². The van der Waals surface area contributed by atoms with Crippen LogP contribution in [-0.4, -0.2) is 9.91 Å². The van der Waals surface area contributed by atoms with E-state index in [0.29, 0.717) is 16.3 Å². The summed E-state index contributed by atoms with van der Waals surface area (Å²) in [6.45, 7) is 1.69. The molecule has 17 heavy (non-hydrogen) atoms. The number of aromatic nitrogens is 1. The van der Waals surface area contributed by atoms with Gasteiger partial charge in [0.25, 0.3) is 5.69 Å². The summed E-state index contributed by atoms with van der Waals surface area (Å²) in [6.07, 6.45) is 1.27. The smallest absolute Gasteiger partial charge is 0.258 e. The second-order valence-electron chi connectivity index (χ2n) is 3.62. The van der Waals surface area contributed by atoms with Crippen LogP contribution in [0.25, 0.3) is 11.3 Å². The van der Waals surface area contributed by atoms with Crippen molar-refractivity contribution in [2.45, 2.75) is 6.92 Å². The van der Waals surface area contributed by atoms with Crippen molar-refractivity contribution in [3.05, 3.63) is 57.2 Å². The maximum absolute atomic E-state index is 10.7. The minimum Gasteiger partial charge on any atom is -0.258 e. The number of aryl methyl sites for hydroxylation is 1. The first-order valence-electron chi connectivity index (χ1n) is 4.95. The molecule has 5 heteroatoms. The molecule has 0 fully saturated rings. The van der Waals surface area contributed by atoms with Crippen LogP contribution in [0.4, 0.5) is 5.69 Å². The van der Waals surface area contributed by atoms with Gasteiger partial charge in [0.1, 0.15) is 6.20 Å². The van der Waals surface area contributed by atoms with Crippen molar-refractivity contribution in [2.24, 2.45) is 0 Å². The van der Waals surface area contributed by atoms with Crippen LogP contribution in [0, 0.1) is 17.0 Å². The number of rotatable bonds is 2. The van der Waals surface area contributed by atoms with Crippen molar-refractivity contribution in [1.82, 2.24) is 4.98 Å². The summed E-state index contributed by atoms with van der Waals surface area (Å²) in [7, 11) is 0. The normalized spacial score (nSPS) is 10.2. The van der Waals surface area contributed by atoms with Crippen molar-refractivity contribution >= 4 is 17.3 Å². The Morgan fingerprint density at radius 1 is 1.35 bits per heavy atom. The van der Waals surface area contributed by atoms with Crippen LogP contribution in [0.15, 0.2) is 36.5 Å². The molecule has 0 aliphatic rings. The van der Waals surface area contributed by atoms with E-state index in [2.05, 4.69) is 4.98 Å². The molecule has 1 heterocycles. The number of nitro groups is 1. The predicted molar refractivity (Wildman–Crippen MR) is 66.1 cm³/mol. The van der Waals surface area contributed by atoms with E-state index in [0.717, 1.165) is 5.56 Å². The van der Waals surface area contributed by atoms with Gasteiger partial charge in [-0.05, 0) is 25.1 Å². The lowest BCUT2D eigenvalue weighted by Gasteiger charge is -2.03. The zero-order valence-corrected chi connectivity index (χ0v) is 9.81. The summed E-state index contributed by atoms with van der Waals surface area (Å²) in [6, 6.07) is 8.90. The van der Waals surface area contributed by atoms with Crippen molar-refractivity contribution in [2.75, 3.05) is 0 Å². The highest BCUT2D eigenvalue weighted by molar-refractivity contribution is 6.30. The van der Waals surface area contributed by atoms with E-state index in [9.17, 15) is 10.1 Å². The topological polar surface area (TPSA) is 56.0 Å². The SMILES string of the molecule is Cc1cc(-c2cccc(Cl)c2)ncc1[N+](=O)[O-]. The molecule has 0 N–H and O–H groups in total. The summed E-state index contributed by atoms with van der Waals surface area (Å²) in [5, 5.41) is 11.3. The molecule has 0 atom stereocenters. The summed E-state index contributed by atoms with van der Waals surface area (Å²) in [4.78, 5) is 14.3. The van der Waals surface area contributed by atoms with E-state index in [4.69, 9.17) is 11.6 Å². The van der Waals surface area contributed by atoms with Crippen LogP contribution >= 0.6 is 11.6 Å². The maximum Gasteiger partial charge on any atom is 0.290 e. The van der Waals surface area contributed by atoms with Gasteiger partial charge in [0.05, 0.1) is 10.6 Å². The molecule has 86 valence electrons. The first-order valence-corrected chi connectivity index (χ1v) is 5.32. The average Bonchev–Trinajstić information content (AvgIpc) is 2.28. The number of pyridine rings is 1. The largest absolute Gasteiger partial charge is 0.290 e. The molecule has 2 aromatic rings. The molecule has 1 aromatic heterocycles. The third-order valence-electron chi connectivity index (χ3n) is 2.40. The molecule has 0 saturated heterocycles. The molecule has 4 nitrogen and oxygen atoms in total. The summed E-state index contributed by atoms with van der Waals surface area (Å²) >= 11 is 5.88. The van der Waals surface area contributed by atoms with Crippen molar-refractivity contribution in [1.29, 1.82) is 0 Å². The lowest BCUT2D eigenvalue weighted by atomic mass is 10.1. The molecule has 0 spiro atoms. The van der Waals surface area contributed by atoms with Crippen LogP contribution in [0.1, 0.15) is 5.56 Å². The van der Waals surface area contributed by atoms with E-state index in [1.807, 2.05) is 12.1 Å². The summed E-state index contributed by atoms with van der Waals surface area (Å²) in [5.41, 5.74) is 2.13. The van der Waals surface area contributed by atoms with Gasteiger partial charge in [-0.25, -0.2) is 4.98 Å². The zero-order chi connectivity index (χ0) is 12.4. The predicted octanol–water partition coefficient (Wildman–Crippen LogP) is 3.62. The van der Waals surface area contributed by atoms with Gasteiger partial charge in [0, 0.05) is 16.1 Å². The Morgan fingerprint density at radius 2 is 2.12 bits per heavy atom. The van der Waals surface area contributed by atoms with Crippen LogP contribution in [0.2, 0.25) is 5.02 Å². The lowest BCUT2D eigenvalue weighted by molar-refractivity contribution is -0.385. The fourth-order valence-corrected chi connectivity index (χ4v) is 1.74. The Morgan fingerprint density at radius 3 is 2.71 bits per heavy atom.